The molecule has 6 heteroatoms. The summed E-state index contributed by atoms with van der Waals surface area (Å²) in [7, 11) is 0. The molecule has 2 saturated heterocycles. The standard InChI is InChI=1S/C17H19ClN2O3/c18-13-3-1-12(2-4-13)11-17(23)19-9-7-14(8-10-19)20-15(21)5-6-16(20)22/h1-4,14H,5-11H2. The third kappa shape index (κ3) is 3.55. The fourth-order valence-electron chi connectivity index (χ4n) is 3.26. The summed E-state index contributed by atoms with van der Waals surface area (Å²) >= 11 is 5.84. The van der Waals surface area contributed by atoms with Gasteiger partial charge in [0, 0.05) is 37.0 Å². The monoisotopic (exact) mass is 334 g/mol. The quantitative estimate of drug-likeness (QED) is 0.795. The summed E-state index contributed by atoms with van der Waals surface area (Å²) in [5, 5.41) is 0.655. The Morgan fingerprint density at radius 3 is 2.17 bits per heavy atom. The molecular formula is C17H19ClN2O3. The average Bonchev–Trinajstić information content (AvgIpc) is 2.88. The number of hydrogen-bond donors (Lipinski definition) is 0. The second-order valence-corrected chi connectivity index (χ2v) is 6.51. The zero-order valence-electron chi connectivity index (χ0n) is 12.8. The van der Waals surface area contributed by atoms with Crippen molar-refractivity contribution in [1.82, 2.24) is 9.80 Å². The maximum absolute atomic E-state index is 12.4. The van der Waals surface area contributed by atoms with E-state index in [0.29, 0.717) is 50.2 Å². The van der Waals surface area contributed by atoms with E-state index in [1.807, 2.05) is 17.0 Å². The predicted molar refractivity (Wildman–Crippen MR) is 85.8 cm³/mol. The molecule has 0 aliphatic carbocycles. The number of hydrogen-bond acceptors (Lipinski definition) is 3. The Bertz CT molecular complexity index is 605. The largest absolute Gasteiger partial charge is 0.342 e. The van der Waals surface area contributed by atoms with Gasteiger partial charge in [-0.05, 0) is 30.5 Å². The second kappa shape index (κ2) is 6.71. The molecule has 0 spiro atoms. The molecule has 3 amide bonds. The number of carbonyl (C=O) groups excluding carboxylic acids is 3. The smallest absolute Gasteiger partial charge is 0.229 e. The van der Waals surface area contributed by atoms with Gasteiger partial charge in [-0.1, -0.05) is 23.7 Å². The molecule has 2 fully saturated rings. The summed E-state index contributed by atoms with van der Waals surface area (Å²) in [5.41, 5.74) is 0.937. The summed E-state index contributed by atoms with van der Waals surface area (Å²) in [6.07, 6.45) is 2.35. The minimum absolute atomic E-state index is 0.0444. The van der Waals surface area contributed by atoms with Crippen molar-refractivity contribution in [2.75, 3.05) is 13.1 Å². The Hall–Kier alpha value is -1.88. The van der Waals surface area contributed by atoms with Crippen LogP contribution in [-0.2, 0) is 20.8 Å². The fourth-order valence-corrected chi connectivity index (χ4v) is 3.39. The van der Waals surface area contributed by atoms with Crippen molar-refractivity contribution in [3.63, 3.8) is 0 Å². The van der Waals surface area contributed by atoms with Crippen molar-refractivity contribution in [2.45, 2.75) is 38.1 Å². The van der Waals surface area contributed by atoms with Gasteiger partial charge in [-0.15, -0.1) is 0 Å². The van der Waals surface area contributed by atoms with Crippen LogP contribution in [0, 0.1) is 0 Å². The van der Waals surface area contributed by atoms with Crippen LogP contribution in [0.25, 0.3) is 0 Å². The molecule has 0 unspecified atom stereocenters. The van der Waals surface area contributed by atoms with E-state index in [2.05, 4.69) is 0 Å². The SMILES string of the molecule is O=C(Cc1ccc(Cl)cc1)N1CCC(N2C(=O)CCC2=O)CC1. The number of halogens is 1. The lowest BCUT2D eigenvalue weighted by Crippen LogP contribution is -2.48. The van der Waals surface area contributed by atoms with Gasteiger partial charge < -0.3 is 4.90 Å². The lowest BCUT2D eigenvalue weighted by atomic mass is 10.0. The van der Waals surface area contributed by atoms with Crippen LogP contribution in [0.2, 0.25) is 5.02 Å². The molecule has 23 heavy (non-hydrogen) atoms. The minimum Gasteiger partial charge on any atom is -0.342 e. The van der Waals surface area contributed by atoms with Crippen molar-refractivity contribution < 1.29 is 14.4 Å². The fraction of sp³-hybridized carbons (Fsp3) is 0.471. The zero-order valence-corrected chi connectivity index (χ0v) is 13.6. The molecule has 0 radical (unpaired) electrons. The summed E-state index contributed by atoms with van der Waals surface area (Å²) < 4.78 is 0. The van der Waals surface area contributed by atoms with E-state index in [4.69, 9.17) is 11.6 Å². The first-order valence-electron chi connectivity index (χ1n) is 7.91. The van der Waals surface area contributed by atoms with Crippen molar-refractivity contribution in [3.8, 4) is 0 Å². The van der Waals surface area contributed by atoms with Crippen molar-refractivity contribution >= 4 is 29.3 Å². The molecule has 2 aliphatic rings. The molecule has 1 aromatic carbocycles. The summed E-state index contributed by atoms with van der Waals surface area (Å²) in [6, 6.07) is 7.22. The minimum atomic E-state index is -0.0686. The lowest BCUT2D eigenvalue weighted by Gasteiger charge is -2.35. The average molecular weight is 335 g/mol. The number of carbonyl (C=O) groups is 3. The highest BCUT2D eigenvalue weighted by Gasteiger charge is 2.37. The van der Waals surface area contributed by atoms with Crippen LogP contribution in [0.3, 0.4) is 0 Å². The van der Waals surface area contributed by atoms with Gasteiger partial charge in [0.1, 0.15) is 0 Å². The Kier molecular flexibility index (Phi) is 4.66. The first-order chi connectivity index (χ1) is 11.0. The van der Waals surface area contributed by atoms with Crippen molar-refractivity contribution in [3.05, 3.63) is 34.9 Å². The van der Waals surface area contributed by atoms with E-state index in [9.17, 15) is 14.4 Å². The van der Waals surface area contributed by atoms with Gasteiger partial charge in [-0.2, -0.15) is 0 Å². The number of likely N-dealkylation sites (tertiary alicyclic amines) is 2. The molecule has 5 nitrogen and oxygen atoms in total. The van der Waals surface area contributed by atoms with Gasteiger partial charge in [0.05, 0.1) is 6.42 Å². The highest BCUT2D eigenvalue weighted by molar-refractivity contribution is 6.30. The van der Waals surface area contributed by atoms with Gasteiger partial charge in [-0.25, -0.2) is 0 Å². The van der Waals surface area contributed by atoms with Crippen LogP contribution in [0.1, 0.15) is 31.2 Å². The molecule has 0 bridgehead atoms. The molecule has 2 heterocycles. The number of piperidine rings is 1. The second-order valence-electron chi connectivity index (χ2n) is 6.07. The number of rotatable bonds is 3. The van der Waals surface area contributed by atoms with Gasteiger partial charge in [0.2, 0.25) is 17.7 Å². The van der Waals surface area contributed by atoms with Crippen LogP contribution >= 0.6 is 11.6 Å². The maximum atomic E-state index is 12.4. The zero-order chi connectivity index (χ0) is 16.4. The third-order valence-electron chi connectivity index (χ3n) is 4.54. The van der Waals surface area contributed by atoms with E-state index >= 15 is 0 Å². The van der Waals surface area contributed by atoms with Crippen LogP contribution in [0.4, 0.5) is 0 Å². The highest BCUT2D eigenvalue weighted by atomic mass is 35.5. The molecule has 3 rings (SSSR count). The summed E-state index contributed by atoms with van der Waals surface area (Å²) in [5.74, 6) is -0.0632. The molecule has 2 aliphatic heterocycles. The van der Waals surface area contributed by atoms with E-state index in [0.717, 1.165) is 5.56 Å². The van der Waals surface area contributed by atoms with Gasteiger partial charge in [0.25, 0.3) is 0 Å². The molecule has 0 aromatic heterocycles. The first kappa shape index (κ1) is 16.0. The number of amides is 3. The highest BCUT2D eigenvalue weighted by Crippen LogP contribution is 2.23. The molecule has 0 saturated carbocycles. The predicted octanol–water partition coefficient (Wildman–Crippen LogP) is 2.02. The van der Waals surface area contributed by atoms with E-state index in [-0.39, 0.29) is 23.8 Å². The van der Waals surface area contributed by atoms with E-state index < -0.39 is 0 Å². The van der Waals surface area contributed by atoms with E-state index in [1.165, 1.54) is 4.90 Å². The van der Waals surface area contributed by atoms with Crippen molar-refractivity contribution in [2.24, 2.45) is 0 Å². The Morgan fingerprint density at radius 1 is 1.04 bits per heavy atom. The van der Waals surface area contributed by atoms with Gasteiger partial charge in [0.15, 0.2) is 0 Å². The molecular weight excluding hydrogens is 316 g/mol. The Balaban J connectivity index is 1.54. The van der Waals surface area contributed by atoms with Gasteiger partial charge in [-0.3, -0.25) is 19.3 Å². The van der Waals surface area contributed by atoms with Crippen LogP contribution in [-0.4, -0.2) is 46.7 Å². The number of benzene rings is 1. The molecule has 122 valence electrons. The molecule has 1 aromatic rings. The third-order valence-corrected chi connectivity index (χ3v) is 4.79. The maximum Gasteiger partial charge on any atom is 0.229 e. The number of imide groups is 1. The van der Waals surface area contributed by atoms with Crippen LogP contribution in [0.5, 0.6) is 0 Å². The Morgan fingerprint density at radius 2 is 1.61 bits per heavy atom. The summed E-state index contributed by atoms with van der Waals surface area (Å²) in [4.78, 5) is 39.2. The summed E-state index contributed by atoms with van der Waals surface area (Å²) in [6.45, 7) is 1.18. The normalized spacial score (nSPS) is 19.5. The van der Waals surface area contributed by atoms with Gasteiger partial charge >= 0.3 is 0 Å². The van der Waals surface area contributed by atoms with Crippen LogP contribution in [0.15, 0.2) is 24.3 Å². The van der Waals surface area contributed by atoms with Crippen molar-refractivity contribution in [1.29, 1.82) is 0 Å². The first-order valence-corrected chi connectivity index (χ1v) is 8.29. The van der Waals surface area contributed by atoms with Crippen LogP contribution < -0.4 is 0 Å². The number of nitrogens with zero attached hydrogens (tertiary/aromatic N) is 2. The lowest BCUT2D eigenvalue weighted by molar-refractivity contribution is -0.142. The topological polar surface area (TPSA) is 57.7 Å². The molecule has 0 N–H and O–H groups in total. The molecule has 0 atom stereocenters. The Labute approximate surface area is 140 Å². The van der Waals surface area contributed by atoms with E-state index in [1.54, 1.807) is 12.1 Å².